The summed E-state index contributed by atoms with van der Waals surface area (Å²) in [6.45, 7) is -0.453. The number of amides is 4. The molecule has 0 bridgehead atoms. The molecular weight excluding hydrogens is 731 g/mol. The van der Waals surface area contributed by atoms with E-state index in [0.717, 1.165) is 26.7 Å². The number of benzene rings is 5. The van der Waals surface area contributed by atoms with E-state index in [1.54, 1.807) is 72.4 Å². The van der Waals surface area contributed by atoms with Gasteiger partial charge >= 0.3 is 5.97 Å². The van der Waals surface area contributed by atoms with Gasteiger partial charge in [0.05, 0.1) is 17.9 Å². The topological polar surface area (TPSA) is 177 Å². The molecule has 0 saturated carbocycles. The Morgan fingerprint density at radius 1 is 0.536 bits per heavy atom. The number of nitrogens with one attached hydrogen (secondary N) is 4. The molecule has 0 aromatic heterocycles. The van der Waals surface area contributed by atoms with Gasteiger partial charge in [0.25, 0.3) is 0 Å². The molecule has 56 heavy (non-hydrogen) atoms. The van der Waals surface area contributed by atoms with Gasteiger partial charge in [0.1, 0.15) is 30.4 Å². The van der Waals surface area contributed by atoms with Crippen LogP contribution in [-0.2, 0) is 43.2 Å². The van der Waals surface area contributed by atoms with Crippen LogP contribution >= 0.6 is 11.8 Å². The van der Waals surface area contributed by atoms with Crippen LogP contribution in [-0.4, -0.2) is 71.0 Å². The van der Waals surface area contributed by atoms with E-state index in [2.05, 4.69) is 21.3 Å². The molecule has 12 nitrogen and oxygen atoms in total. The number of carbonyl (C=O) groups is 5. The Labute approximate surface area is 328 Å². The average molecular weight is 772 g/mol. The van der Waals surface area contributed by atoms with E-state index in [0.29, 0.717) is 11.1 Å². The van der Waals surface area contributed by atoms with Gasteiger partial charge < -0.3 is 36.4 Å². The lowest BCUT2D eigenvalue weighted by molar-refractivity contribution is -0.142. The van der Waals surface area contributed by atoms with Gasteiger partial charge in [-0.15, -0.1) is 0 Å². The van der Waals surface area contributed by atoms with Crippen LogP contribution in [0.25, 0.3) is 0 Å². The second-order valence-corrected chi connectivity index (χ2v) is 14.3. The lowest BCUT2D eigenvalue weighted by atomic mass is 10.0. The Kier molecular flexibility index (Phi) is 13.0. The number of carboxylic acid groups (broad SMARTS) is 1. The Balaban J connectivity index is 1.14. The van der Waals surface area contributed by atoms with Crippen LogP contribution in [0.1, 0.15) is 16.7 Å². The smallest absolute Gasteiger partial charge is 0.326 e. The summed E-state index contributed by atoms with van der Waals surface area (Å²) < 4.78 is 0. The first-order valence-electron chi connectivity index (χ1n) is 18.0. The van der Waals surface area contributed by atoms with Crippen LogP contribution in [0, 0.1) is 0 Å². The molecule has 1 aliphatic heterocycles. The monoisotopic (exact) mass is 771 g/mol. The summed E-state index contributed by atoms with van der Waals surface area (Å²) in [5, 5.41) is 30.3. The zero-order valence-corrected chi connectivity index (χ0v) is 31.1. The van der Waals surface area contributed by atoms with Gasteiger partial charge in [-0.1, -0.05) is 109 Å². The summed E-state index contributed by atoms with van der Waals surface area (Å²) in [4.78, 5) is 70.6. The van der Waals surface area contributed by atoms with Crippen molar-refractivity contribution in [3.8, 4) is 5.75 Å². The van der Waals surface area contributed by atoms with Crippen molar-refractivity contribution >= 4 is 52.7 Å². The van der Waals surface area contributed by atoms with Gasteiger partial charge in [0.15, 0.2) is 0 Å². The number of aromatic hydroxyl groups is 1. The minimum absolute atomic E-state index is 0.0175. The van der Waals surface area contributed by atoms with E-state index < -0.39 is 54.3 Å². The number of hydrogen-bond acceptors (Lipinski definition) is 8. The zero-order chi connectivity index (χ0) is 39.4. The molecule has 0 fully saturated rings. The van der Waals surface area contributed by atoms with Crippen LogP contribution in [0.2, 0.25) is 0 Å². The fourth-order valence-corrected chi connectivity index (χ4v) is 7.40. The molecule has 6 rings (SSSR count). The van der Waals surface area contributed by atoms with Crippen LogP contribution in [0.5, 0.6) is 5.75 Å². The molecule has 0 radical (unpaired) electrons. The SMILES string of the molecule is O=C(CN1c2ccccc2Sc2ccccc21)NCC(=O)N[C@@H](Cc1ccccc1)C(=O)N[C@@H](Cc1ccccc1)C(=O)N[C@@H](Cc1ccc(O)cc1)C(=O)O. The van der Waals surface area contributed by atoms with Gasteiger partial charge in [0, 0.05) is 29.1 Å². The van der Waals surface area contributed by atoms with Gasteiger partial charge in [-0.2, -0.15) is 0 Å². The Hall–Kier alpha value is -6.60. The fourth-order valence-electron chi connectivity index (χ4n) is 6.31. The number of aliphatic carboxylic acids is 1. The average Bonchev–Trinajstić information content (AvgIpc) is 3.20. The summed E-state index contributed by atoms with van der Waals surface area (Å²) >= 11 is 1.62. The normalized spacial score (nSPS) is 13.2. The minimum atomic E-state index is -1.34. The summed E-state index contributed by atoms with van der Waals surface area (Å²) in [7, 11) is 0. The maximum Gasteiger partial charge on any atom is 0.326 e. The maximum atomic E-state index is 14.0. The standard InChI is InChI=1S/C43H41N5O7S/c49-31-21-19-30(20-22-31)25-34(43(54)55)47-42(53)33(24-29-13-5-2-6-14-29)46-41(52)32(23-28-11-3-1-4-12-28)45-39(50)26-44-40(51)27-48-35-15-7-9-17-37(35)56-38-18-10-8-16-36(38)48/h1-22,32-34,49H,23-27H2,(H,44,51)(H,45,50)(H,46,52)(H,47,53)(H,54,55)/t32-,33-,34-/m0/s1. The lowest BCUT2D eigenvalue weighted by Gasteiger charge is -2.32. The maximum absolute atomic E-state index is 14.0. The number of anilines is 2. The number of phenolic OH excluding ortho intramolecular Hbond substituents is 1. The predicted molar refractivity (Wildman–Crippen MR) is 213 cm³/mol. The van der Waals surface area contributed by atoms with Gasteiger partial charge in [0.2, 0.25) is 23.6 Å². The molecule has 1 heterocycles. The highest BCUT2D eigenvalue weighted by Crippen LogP contribution is 2.47. The number of phenols is 1. The van der Waals surface area contributed by atoms with Crippen LogP contribution in [0.15, 0.2) is 143 Å². The highest BCUT2D eigenvalue weighted by Gasteiger charge is 2.31. The largest absolute Gasteiger partial charge is 0.508 e. The number of hydrogen-bond donors (Lipinski definition) is 6. The second-order valence-electron chi connectivity index (χ2n) is 13.2. The van der Waals surface area contributed by atoms with Crippen molar-refractivity contribution in [1.82, 2.24) is 21.3 Å². The molecule has 0 saturated heterocycles. The molecular formula is C43H41N5O7S. The number of carboxylic acids is 1. The van der Waals surface area contributed by atoms with Crippen molar-refractivity contribution in [3.63, 3.8) is 0 Å². The number of nitrogens with zero attached hydrogens (tertiary/aromatic N) is 1. The molecule has 1 aliphatic rings. The minimum Gasteiger partial charge on any atom is -0.508 e. The highest BCUT2D eigenvalue weighted by atomic mass is 32.2. The van der Waals surface area contributed by atoms with E-state index in [1.165, 1.54) is 12.1 Å². The van der Waals surface area contributed by atoms with Crippen molar-refractivity contribution in [3.05, 3.63) is 150 Å². The van der Waals surface area contributed by atoms with E-state index in [9.17, 15) is 34.2 Å². The number of rotatable bonds is 16. The molecule has 286 valence electrons. The Morgan fingerprint density at radius 2 is 0.982 bits per heavy atom. The first-order valence-corrected chi connectivity index (χ1v) is 18.8. The molecule has 5 aromatic rings. The highest BCUT2D eigenvalue weighted by molar-refractivity contribution is 7.99. The third-order valence-corrected chi connectivity index (χ3v) is 10.3. The summed E-state index contributed by atoms with van der Waals surface area (Å²) in [5.41, 5.74) is 3.77. The van der Waals surface area contributed by atoms with Crippen molar-refractivity contribution in [2.45, 2.75) is 47.2 Å². The molecule has 0 spiro atoms. The number of fused-ring (bicyclic) bond motifs is 2. The summed E-state index contributed by atoms with van der Waals surface area (Å²) in [6, 6.07) is 35.8. The quantitative estimate of drug-likeness (QED) is 0.0851. The Morgan fingerprint density at radius 3 is 1.52 bits per heavy atom. The molecule has 13 heteroatoms. The van der Waals surface area contributed by atoms with Gasteiger partial charge in [-0.05, 0) is 53.1 Å². The van der Waals surface area contributed by atoms with Crippen molar-refractivity contribution in [2.75, 3.05) is 18.0 Å². The van der Waals surface area contributed by atoms with Crippen LogP contribution < -0.4 is 26.2 Å². The van der Waals surface area contributed by atoms with Gasteiger partial charge in [-0.3, -0.25) is 19.2 Å². The summed E-state index contributed by atoms with van der Waals surface area (Å²) in [6.07, 6.45) is 0.0401. The number of carbonyl (C=O) groups excluding carboxylic acids is 4. The first-order chi connectivity index (χ1) is 27.1. The molecule has 0 unspecified atom stereocenters. The predicted octanol–water partition coefficient (Wildman–Crippen LogP) is 4.38. The molecule has 5 aromatic carbocycles. The van der Waals surface area contributed by atoms with Gasteiger partial charge in [-0.25, -0.2) is 4.79 Å². The van der Waals surface area contributed by atoms with Crippen LogP contribution in [0.4, 0.5) is 11.4 Å². The van der Waals surface area contributed by atoms with E-state index in [4.69, 9.17) is 0 Å². The van der Waals surface area contributed by atoms with Crippen molar-refractivity contribution in [1.29, 1.82) is 0 Å². The Bertz CT molecular complexity index is 2120. The zero-order valence-electron chi connectivity index (χ0n) is 30.3. The number of para-hydroxylation sites is 2. The summed E-state index contributed by atoms with van der Waals surface area (Å²) in [5.74, 6) is -3.68. The molecule has 4 amide bonds. The molecule has 0 aliphatic carbocycles. The fraction of sp³-hybridized carbons (Fsp3) is 0.186. The van der Waals surface area contributed by atoms with Crippen molar-refractivity contribution in [2.24, 2.45) is 0 Å². The van der Waals surface area contributed by atoms with Crippen LogP contribution in [0.3, 0.4) is 0 Å². The third-order valence-electron chi connectivity index (χ3n) is 9.12. The molecule has 3 atom stereocenters. The van der Waals surface area contributed by atoms with Crippen molar-refractivity contribution < 1.29 is 34.2 Å². The first kappa shape index (κ1) is 39.1. The third kappa shape index (κ3) is 10.5. The van der Waals surface area contributed by atoms with E-state index >= 15 is 0 Å². The molecule has 6 N–H and O–H groups in total. The second kappa shape index (κ2) is 18.6. The lowest BCUT2D eigenvalue weighted by Crippen LogP contribution is -2.57. The van der Waals surface area contributed by atoms with E-state index in [-0.39, 0.29) is 31.6 Å². The van der Waals surface area contributed by atoms with E-state index in [1.807, 2.05) is 65.6 Å².